The van der Waals surface area contributed by atoms with Crippen molar-refractivity contribution in [3.8, 4) is 0 Å². The molecule has 2 heterocycles. The van der Waals surface area contributed by atoms with Gasteiger partial charge in [0.2, 0.25) is 5.91 Å². The van der Waals surface area contributed by atoms with E-state index in [4.69, 9.17) is 4.74 Å². The predicted octanol–water partition coefficient (Wildman–Crippen LogP) is 1.43. The fourth-order valence-corrected chi connectivity index (χ4v) is 4.32. The first-order valence-electron chi connectivity index (χ1n) is 9.11. The van der Waals surface area contributed by atoms with Crippen molar-refractivity contribution in [2.75, 3.05) is 31.2 Å². The summed E-state index contributed by atoms with van der Waals surface area (Å²) in [6.07, 6.45) is 3.15. The Hall–Kier alpha value is -1.92. The molecule has 3 atom stereocenters. The molecule has 1 N–H and O–H groups in total. The molecule has 1 saturated carbocycles. The molecule has 0 radical (unpaired) electrons. The van der Waals surface area contributed by atoms with Crippen molar-refractivity contribution in [1.29, 1.82) is 0 Å². The summed E-state index contributed by atoms with van der Waals surface area (Å²) >= 11 is 0. The fraction of sp³-hybridized carbons (Fsp3) is 0.579. The second-order valence-electron chi connectivity index (χ2n) is 7.19. The number of aliphatic hydroxyl groups excluding tert-OH is 1. The molecule has 1 aromatic carbocycles. The Kier molecular flexibility index (Phi) is 4.48. The van der Waals surface area contributed by atoms with Gasteiger partial charge in [0.15, 0.2) is 0 Å². The molecule has 2 saturated heterocycles. The average molecular weight is 344 g/mol. The van der Waals surface area contributed by atoms with Crippen molar-refractivity contribution in [3.05, 3.63) is 29.8 Å². The first-order chi connectivity index (χ1) is 12.2. The van der Waals surface area contributed by atoms with Crippen LogP contribution >= 0.6 is 0 Å². The number of aliphatic hydroxyl groups is 1. The van der Waals surface area contributed by atoms with Crippen LogP contribution < -0.4 is 4.90 Å². The number of anilines is 1. The zero-order chi connectivity index (χ0) is 17.4. The predicted molar refractivity (Wildman–Crippen MR) is 92.4 cm³/mol. The second-order valence-corrected chi connectivity index (χ2v) is 7.19. The number of carbonyl (C=O) groups excluding carboxylic acids is 2. The molecule has 2 aliphatic heterocycles. The molecule has 0 unspecified atom stereocenters. The first kappa shape index (κ1) is 16.5. The highest BCUT2D eigenvalue weighted by Crippen LogP contribution is 2.34. The monoisotopic (exact) mass is 344 g/mol. The number of morpholine rings is 1. The zero-order valence-corrected chi connectivity index (χ0v) is 14.3. The number of hydrogen-bond donors (Lipinski definition) is 1. The van der Waals surface area contributed by atoms with Gasteiger partial charge in [-0.3, -0.25) is 9.59 Å². The van der Waals surface area contributed by atoms with Gasteiger partial charge in [0.25, 0.3) is 5.91 Å². The van der Waals surface area contributed by atoms with Crippen molar-refractivity contribution in [3.63, 3.8) is 0 Å². The van der Waals surface area contributed by atoms with Gasteiger partial charge in [-0.1, -0.05) is 0 Å². The lowest BCUT2D eigenvalue weighted by Gasteiger charge is -2.37. The number of nitrogens with zero attached hydrogens (tertiary/aromatic N) is 2. The van der Waals surface area contributed by atoms with Crippen LogP contribution in [0.2, 0.25) is 0 Å². The van der Waals surface area contributed by atoms with E-state index in [0.29, 0.717) is 25.1 Å². The lowest BCUT2D eigenvalue weighted by Crippen LogP contribution is -2.51. The summed E-state index contributed by atoms with van der Waals surface area (Å²) in [4.78, 5) is 28.5. The van der Waals surface area contributed by atoms with E-state index in [1.54, 1.807) is 4.90 Å². The highest BCUT2D eigenvalue weighted by molar-refractivity contribution is 5.97. The van der Waals surface area contributed by atoms with E-state index >= 15 is 0 Å². The van der Waals surface area contributed by atoms with Crippen LogP contribution in [0.25, 0.3) is 0 Å². The Bertz CT molecular complexity index is 660. The van der Waals surface area contributed by atoms with Crippen molar-refractivity contribution in [1.82, 2.24) is 4.90 Å². The Labute approximate surface area is 147 Å². The number of rotatable bonds is 3. The maximum Gasteiger partial charge on any atom is 0.254 e. The number of fused-ring (bicyclic) bond motifs is 1. The molecule has 0 bridgehead atoms. The van der Waals surface area contributed by atoms with Gasteiger partial charge in [0.05, 0.1) is 18.8 Å². The van der Waals surface area contributed by atoms with Crippen LogP contribution in [0.15, 0.2) is 24.3 Å². The van der Waals surface area contributed by atoms with Gasteiger partial charge in [0, 0.05) is 37.4 Å². The fourth-order valence-electron chi connectivity index (χ4n) is 4.32. The highest BCUT2D eigenvalue weighted by atomic mass is 16.5. The molecule has 3 aliphatic rings. The Balaban J connectivity index is 1.49. The Morgan fingerprint density at radius 1 is 1.20 bits per heavy atom. The largest absolute Gasteiger partial charge is 0.396 e. The van der Waals surface area contributed by atoms with Crippen LogP contribution in [-0.4, -0.2) is 60.3 Å². The third-order valence-electron chi connectivity index (χ3n) is 5.65. The summed E-state index contributed by atoms with van der Waals surface area (Å²) < 4.78 is 5.80. The summed E-state index contributed by atoms with van der Waals surface area (Å²) in [5.41, 5.74) is 1.50. The van der Waals surface area contributed by atoms with Gasteiger partial charge in [-0.05, 0) is 49.4 Å². The van der Waals surface area contributed by atoms with E-state index in [2.05, 4.69) is 0 Å². The minimum absolute atomic E-state index is 0.0104. The van der Waals surface area contributed by atoms with E-state index in [0.717, 1.165) is 31.5 Å². The summed E-state index contributed by atoms with van der Waals surface area (Å²) in [7, 11) is 0. The smallest absolute Gasteiger partial charge is 0.254 e. The van der Waals surface area contributed by atoms with Crippen LogP contribution in [0.1, 0.15) is 36.0 Å². The Morgan fingerprint density at radius 2 is 2.00 bits per heavy atom. The van der Waals surface area contributed by atoms with Gasteiger partial charge < -0.3 is 19.6 Å². The molecule has 0 aromatic heterocycles. The first-order valence-corrected chi connectivity index (χ1v) is 9.11. The second kappa shape index (κ2) is 6.77. The standard InChI is InChI=1S/C19H24N2O4/c22-12-13-10-16-17(11-13)25-9-8-21(16)19(24)14-3-5-15(6-4-14)20-7-1-2-18(20)23/h3-6,13,16-17,22H,1-2,7-12H2/t13-,16+,17+/m1/s1. The van der Waals surface area contributed by atoms with E-state index < -0.39 is 0 Å². The molecule has 6 nitrogen and oxygen atoms in total. The normalized spacial score (nSPS) is 29.2. The van der Waals surface area contributed by atoms with Gasteiger partial charge in [-0.15, -0.1) is 0 Å². The van der Waals surface area contributed by atoms with Crippen molar-refractivity contribution < 1.29 is 19.4 Å². The third kappa shape index (κ3) is 3.04. The van der Waals surface area contributed by atoms with Gasteiger partial charge in [-0.25, -0.2) is 0 Å². The van der Waals surface area contributed by atoms with Crippen molar-refractivity contribution in [2.24, 2.45) is 5.92 Å². The van der Waals surface area contributed by atoms with Crippen molar-refractivity contribution >= 4 is 17.5 Å². The summed E-state index contributed by atoms with van der Waals surface area (Å²) in [5.74, 6) is 0.374. The molecule has 0 spiro atoms. The van der Waals surface area contributed by atoms with Crippen LogP contribution in [0.4, 0.5) is 5.69 Å². The molecule has 25 heavy (non-hydrogen) atoms. The molecule has 3 fully saturated rings. The molecule has 2 amide bonds. The lowest BCUT2D eigenvalue weighted by molar-refractivity contribution is -0.117. The SMILES string of the molecule is O=C1CCCN1c1ccc(C(=O)N2CCO[C@H]3C[C@H](CO)C[C@@H]32)cc1. The quantitative estimate of drug-likeness (QED) is 0.900. The minimum atomic E-state index is 0.0104. The average Bonchev–Trinajstić information content (AvgIpc) is 3.26. The van der Waals surface area contributed by atoms with Crippen molar-refractivity contribution in [2.45, 2.75) is 37.8 Å². The summed E-state index contributed by atoms with van der Waals surface area (Å²) in [6, 6.07) is 7.40. The summed E-state index contributed by atoms with van der Waals surface area (Å²) in [5, 5.41) is 9.42. The molecule has 1 aromatic rings. The summed E-state index contributed by atoms with van der Waals surface area (Å²) in [6.45, 7) is 2.04. The van der Waals surface area contributed by atoms with E-state index in [-0.39, 0.29) is 36.5 Å². The zero-order valence-electron chi connectivity index (χ0n) is 14.3. The topological polar surface area (TPSA) is 70.1 Å². The van der Waals surface area contributed by atoms with Crippen LogP contribution in [0.3, 0.4) is 0 Å². The minimum Gasteiger partial charge on any atom is -0.396 e. The molecule has 4 rings (SSSR count). The number of benzene rings is 1. The van der Waals surface area contributed by atoms with Gasteiger partial charge in [-0.2, -0.15) is 0 Å². The number of ether oxygens (including phenoxy) is 1. The highest BCUT2D eigenvalue weighted by Gasteiger charge is 2.42. The number of hydrogen-bond acceptors (Lipinski definition) is 4. The number of amides is 2. The molecule has 1 aliphatic carbocycles. The lowest BCUT2D eigenvalue weighted by atomic mass is 10.1. The molecule has 134 valence electrons. The van der Waals surface area contributed by atoms with Gasteiger partial charge in [0.1, 0.15) is 0 Å². The van der Waals surface area contributed by atoms with E-state index in [1.807, 2.05) is 29.2 Å². The van der Waals surface area contributed by atoms with E-state index in [1.165, 1.54) is 0 Å². The Morgan fingerprint density at radius 3 is 2.68 bits per heavy atom. The van der Waals surface area contributed by atoms with Crippen LogP contribution in [-0.2, 0) is 9.53 Å². The third-order valence-corrected chi connectivity index (χ3v) is 5.65. The van der Waals surface area contributed by atoms with Crippen LogP contribution in [0.5, 0.6) is 0 Å². The maximum atomic E-state index is 13.0. The molecule has 6 heteroatoms. The van der Waals surface area contributed by atoms with Gasteiger partial charge >= 0.3 is 0 Å². The van der Waals surface area contributed by atoms with Crippen LogP contribution in [0, 0.1) is 5.92 Å². The maximum absolute atomic E-state index is 13.0. The molecular weight excluding hydrogens is 320 g/mol. The number of carbonyl (C=O) groups is 2. The van der Waals surface area contributed by atoms with E-state index in [9.17, 15) is 14.7 Å². The molecular formula is C19H24N2O4.